The molecule has 7 heteroatoms. The molecule has 0 spiro atoms. The van der Waals surface area contributed by atoms with Crippen molar-refractivity contribution in [2.75, 3.05) is 20.2 Å². The number of methoxy groups -OCH3 is 1. The number of hydrogen-bond acceptors (Lipinski definition) is 6. The SMILES string of the molecule is COc1ccc(-c2cc(C(=O)N3CCC(c4nc5ccccc5o4)CC3)no2)cc1. The van der Waals surface area contributed by atoms with Crippen molar-refractivity contribution in [2.45, 2.75) is 18.8 Å². The smallest absolute Gasteiger partial charge is 0.276 e. The molecule has 1 amide bonds. The van der Waals surface area contributed by atoms with Crippen LogP contribution in [0.25, 0.3) is 22.4 Å². The third-order valence-corrected chi connectivity index (χ3v) is 5.55. The van der Waals surface area contributed by atoms with E-state index in [1.165, 1.54) is 0 Å². The van der Waals surface area contributed by atoms with Crippen LogP contribution in [0.2, 0.25) is 0 Å². The van der Waals surface area contributed by atoms with Gasteiger partial charge in [-0.2, -0.15) is 0 Å². The molecule has 0 unspecified atom stereocenters. The van der Waals surface area contributed by atoms with E-state index in [9.17, 15) is 4.79 Å². The zero-order valence-electron chi connectivity index (χ0n) is 16.6. The van der Waals surface area contributed by atoms with Gasteiger partial charge in [0.25, 0.3) is 5.91 Å². The third kappa shape index (κ3) is 3.43. The Balaban J connectivity index is 1.25. The summed E-state index contributed by atoms with van der Waals surface area (Å²) in [4.78, 5) is 19.3. The van der Waals surface area contributed by atoms with E-state index in [1.54, 1.807) is 13.2 Å². The largest absolute Gasteiger partial charge is 0.497 e. The van der Waals surface area contributed by atoms with Crippen molar-refractivity contribution in [3.05, 3.63) is 66.2 Å². The number of para-hydroxylation sites is 2. The molecule has 0 N–H and O–H groups in total. The van der Waals surface area contributed by atoms with Crippen LogP contribution >= 0.6 is 0 Å². The van der Waals surface area contributed by atoms with Crippen molar-refractivity contribution >= 4 is 17.0 Å². The molecule has 1 aliphatic heterocycles. The van der Waals surface area contributed by atoms with Gasteiger partial charge < -0.3 is 18.6 Å². The molecular formula is C23H21N3O4. The summed E-state index contributed by atoms with van der Waals surface area (Å²) in [6, 6.07) is 16.9. The standard InChI is InChI=1S/C23H21N3O4/c1-28-17-8-6-15(7-9-17)21-14-19(25-30-21)23(27)26-12-10-16(11-13-26)22-24-18-4-2-3-5-20(18)29-22/h2-9,14,16H,10-13H2,1H3. The van der Waals surface area contributed by atoms with Gasteiger partial charge in [0.2, 0.25) is 0 Å². The first-order chi connectivity index (χ1) is 14.7. The molecule has 0 aliphatic carbocycles. The fourth-order valence-electron chi connectivity index (χ4n) is 3.82. The van der Waals surface area contributed by atoms with Gasteiger partial charge in [-0.05, 0) is 49.2 Å². The number of hydrogen-bond donors (Lipinski definition) is 0. The van der Waals surface area contributed by atoms with Gasteiger partial charge in [-0.25, -0.2) is 4.98 Å². The van der Waals surface area contributed by atoms with Crippen LogP contribution in [0.4, 0.5) is 0 Å². The minimum atomic E-state index is -0.116. The number of piperidine rings is 1. The number of rotatable bonds is 4. The van der Waals surface area contributed by atoms with Crippen molar-refractivity contribution in [2.24, 2.45) is 0 Å². The van der Waals surface area contributed by atoms with Crippen molar-refractivity contribution < 1.29 is 18.5 Å². The number of aromatic nitrogens is 2. The second-order valence-corrected chi connectivity index (χ2v) is 7.39. The van der Waals surface area contributed by atoms with E-state index in [4.69, 9.17) is 13.7 Å². The molecule has 3 heterocycles. The first kappa shape index (κ1) is 18.4. The summed E-state index contributed by atoms with van der Waals surface area (Å²) in [7, 11) is 1.62. The van der Waals surface area contributed by atoms with E-state index in [0.29, 0.717) is 24.5 Å². The van der Waals surface area contributed by atoms with Gasteiger partial charge in [0.05, 0.1) is 7.11 Å². The average molecular weight is 403 g/mol. The molecule has 1 aliphatic rings. The number of ether oxygens (including phenoxy) is 1. The Morgan fingerprint density at radius 3 is 2.60 bits per heavy atom. The van der Waals surface area contributed by atoms with Gasteiger partial charge >= 0.3 is 0 Å². The first-order valence-corrected chi connectivity index (χ1v) is 9.97. The third-order valence-electron chi connectivity index (χ3n) is 5.55. The number of carbonyl (C=O) groups is 1. The molecule has 30 heavy (non-hydrogen) atoms. The minimum absolute atomic E-state index is 0.116. The van der Waals surface area contributed by atoms with Crippen LogP contribution < -0.4 is 4.74 Å². The van der Waals surface area contributed by atoms with Crippen molar-refractivity contribution in [3.63, 3.8) is 0 Å². The molecule has 0 radical (unpaired) electrons. The molecule has 0 bridgehead atoms. The molecule has 2 aromatic carbocycles. The summed E-state index contributed by atoms with van der Waals surface area (Å²) in [6.07, 6.45) is 1.61. The van der Waals surface area contributed by atoms with Crippen LogP contribution in [-0.2, 0) is 0 Å². The van der Waals surface area contributed by atoms with Crippen molar-refractivity contribution in [1.82, 2.24) is 15.0 Å². The number of oxazole rings is 1. The lowest BCUT2D eigenvalue weighted by Crippen LogP contribution is -2.38. The van der Waals surface area contributed by atoms with Gasteiger partial charge in [-0.15, -0.1) is 0 Å². The van der Waals surface area contributed by atoms with E-state index < -0.39 is 0 Å². The monoisotopic (exact) mass is 403 g/mol. The fraction of sp³-hybridized carbons (Fsp3) is 0.261. The summed E-state index contributed by atoms with van der Waals surface area (Å²) in [5.41, 5.74) is 2.84. The Kier molecular flexibility index (Phi) is 4.71. The maximum Gasteiger partial charge on any atom is 0.276 e. The second kappa shape index (κ2) is 7.67. The lowest BCUT2D eigenvalue weighted by Gasteiger charge is -2.29. The molecule has 1 fully saturated rings. The predicted molar refractivity (Wildman–Crippen MR) is 110 cm³/mol. The Hall–Kier alpha value is -3.61. The first-order valence-electron chi connectivity index (χ1n) is 9.97. The molecule has 5 rings (SSSR count). The highest BCUT2D eigenvalue weighted by atomic mass is 16.5. The second-order valence-electron chi connectivity index (χ2n) is 7.39. The van der Waals surface area contributed by atoms with Crippen molar-refractivity contribution in [1.29, 1.82) is 0 Å². The highest BCUT2D eigenvalue weighted by Crippen LogP contribution is 2.31. The maximum absolute atomic E-state index is 12.9. The van der Waals surface area contributed by atoms with Crippen molar-refractivity contribution in [3.8, 4) is 17.1 Å². The molecule has 1 saturated heterocycles. The van der Waals surface area contributed by atoms with Crippen LogP contribution in [0.5, 0.6) is 5.75 Å². The molecule has 0 saturated carbocycles. The van der Waals surface area contributed by atoms with E-state index in [0.717, 1.165) is 41.1 Å². The summed E-state index contributed by atoms with van der Waals surface area (Å²) in [5.74, 6) is 2.17. The summed E-state index contributed by atoms with van der Waals surface area (Å²) >= 11 is 0. The number of fused-ring (bicyclic) bond motifs is 1. The number of likely N-dealkylation sites (tertiary alicyclic amines) is 1. The summed E-state index contributed by atoms with van der Waals surface area (Å²) in [6.45, 7) is 1.26. The maximum atomic E-state index is 12.9. The van der Waals surface area contributed by atoms with Gasteiger partial charge in [0.1, 0.15) is 11.3 Å². The molecule has 2 aromatic heterocycles. The number of benzene rings is 2. The van der Waals surface area contributed by atoms with E-state index >= 15 is 0 Å². The van der Waals surface area contributed by atoms with Gasteiger partial charge in [-0.3, -0.25) is 4.79 Å². The minimum Gasteiger partial charge on any atom is -0.497 e. The molecular weight excluding hydrogens is 382 g/mol. The van der Waals surface area contributed by atoms with E-state index in [-0.39, 0.29) is 11.8 Å². The lowest BCUT2D eigenvalue weighted by atomic mass is 9.96. The van der Waals surface area contributed by atoms with Crippen LogP contribution in [-0.4, -0.2) is 41.1 Å². The number of carbonyl (C=O) groups excluding carboxylic acids is 1. The lowest BCUT2D eigenvalue weighted by molar-refractivity contribution is 0.0696. The normalized spacial score (nSPS) is 14.9. The van der Waals surface area contributed by atoms with Gasteiger partial charge in [-0.1, -0.05) is 17.3 Å². The van der Waals surface area contributed by atoms with Crippen LogP contribution in [0, 0.1) is 0 Å². The van der Waals surface area contributed by atoms with E-state index in [2.05, 4.69) is 10.1 Å². The predicted octanol–water partition coefficient (Wildman–Crippen LogP) is 4.51. The van der Waals surface area contributed by atoms with Crippen LogP contribution in [0.1, 0.15) is 35.1 Å². The molecule has 152 valence electrons. The van der Waals surface area contributed by atoms with Gasteiger partial charge in [0.15, 0.2) is 22.9 Å². The number of amides is 1. The highest BCUT2D eigenvalue weighted by Gasteiger charge is 2.29. The van der Waals surface area contributed by atoms with Gasteiger partial charge in [0, 0.05) is 30.6 Å². The van der Waals surface area contributed by atoms with Crippen LogP contribution in [0.15, 0.2) is 63.5 Å². The van der Waals surface area contributed by atoms with E-state index in [1.807, 2.05) is 53.4 Å². The number of nitrogens with zero attached hydrogens (tertiary/aromatic N) is 3. The fourth-order valence-corrected chi connectivity index (χ4v) is 3.82. The molecule has 0 atom stereocenters. The summed E-state index contributed by atoms with van der Waals surface area (Å²) in [5, 5.41) is 3.99. The molecule has 4 aromatic rings. The zero-order valence-corrected chi connectivity index (χ0v) is 16.6. The molecule has 7 nitrogen and oxygen atoms in total. The Morgan fingerprint density at radius 1 is 1.10 bits per heavy atom. The Morgan fingerprint density at radius 2 is 1.87 bits per heavy atom. The average Bonchev–Trinajstić information content (AvgIpc) is 3.46. The topological polar surface area (TPSA) is 81.6 Å². The zero-order chi connectivity index (χ0) is 20.5. The quantitative estimate of drug-likeness (QED) is 0.499. The van der Waals surface area contributed by atoms with Crippen LogP contribution in [0.3, 0.4) is 0 Å². The highest BCUT2D eigenvalue weighted by molar-refractivity contribution is 5.93. The Labute approximate surface area is 173 Å². The Bertz CT molecular complexity index is 1140. The summed E-state index contributed by atoms with van der Waals surface area (Å²) < 4.78 is 16.5.